The molecule has 0 N–H and O–H groups in total. The standard InChI is InChI=1S/C32H50NO3/c1-5-6-7-8-9-10-12-17-29-20-15-21-31(26-29)36-28(2)23-25-35-32(34)22-16-24-33(3,4)27-30-18-13-11-14-19-30/h11,13-15,18-21,26,28H,5-10,12,16-17,22-25,27H2,1-4H3/q+1. The van der Waals surface area contributed by atoms with Crippen LogP contribution in [0.1, 0.15) is 89.2 Å². The van der Waals surface area contributed by atoms with Crippen molar-refractivity contribution in [1.29, 1.82) is 0 Å². The molecule has 0 bridgehead atoms. The van der Waals surface area contributed by atoms with Gasteiger partial charge in [0.05, 0.1) is 39.8 Å². The molecule has 36 heavy (non-hydrogen) atoms. The lowest BCUT2D eigenvalue weighted by molar-refractivity contribution is -0.903. The summed E-state index contributed by atoms with van der Waals surface area (Å²) in [5, 5.41) is 0. The number of quaternary nitrogens is 1. The lowest BCUT2D eigenvalue weighted by atomic mass is 10.0. The predicted molar refractivity (Wildman–Crippen MR) is 150 cm³/mol. The fraction of sp³-hybridized carbons (Fsp3) is 0.594. The van der Waals surface area contributed by atoms with E-state index in [0.29, 0.717) is 19.4 Å². The van der Waals surface area contributed by atoms with Crippen LogP contribution < -0.4 is 4.74 Å². The normalized spacial score (nSPS) is 12.3. The molecule has 0 amide bonds. The van der Waals surface area contributed by atoms with Gasteiger partial charge >= 0.3 is 5.97 Å². The lowest BCUT2D eigenvalue weighted by Gasteiger charge is -2.29. The molecule has 0 aliphatic carbocycles. The number of carbonyl (C=O) groups is 1. The van der Waals surface area contributed by atoms with Gasteiger partial charge in [-0.15, -0.1) is 0 Å². The molecule has 4 nitrogen and oxygen atoms in total. The minimum absolute atomic E-state index is 0.00749. The number of hydrogen-bond donors (Lipinski definition) is 0. The summed E-state index contributed by atoms with van der Waals surface area (Å²) in [5.41, 5.74) is 2.66. The van der Waals surface area contributed by atoms with Crippen molar-refractivity contribution in [1.82, 2.24) is 0 Å². The van der Waals surface area contributed by atoms with Gasteiger partial charge in [0.15, 0.2) is 0 Å². The maximum Gasteiger partial charge on any atom is 0.306 e. The third-order valence-electron chi connectivity index (χ3n) is 6.69. The molecule has 0 radical (unpaired) electrons. The molecule has 0 fully saturated rings. The van der Waals surface area contributed by atoms with Gasteiger partial charge in [0, 0.05) is 18.4 Å². The van der Waals surface area contributed by atoms with Crippen LogP contribution in [0.2, 0.25) is 0 Å². The highest BCUT2D eigenvalue weighted by molar-refractivity contribution is 5.69. The van der Waals surface area contributed by atoms with Crippen molar-refractivity contribution in [2.45, 2.75) is 97.1 Å². The zero-order valence-electron chi connectivity index (χ0n) is 23.3. The monoisotopic (exact) mass is 496 g/mol. The molecule has 0 aromatic heterocycles. The molecular weight excluding hydrogens is 446 g/mol. The molecular formula is C32H50NO3+. The summed E-state index contributed by atoms with van der Waals surface area (Å²) in [6.07, 6.45) is 12.4. The van der Waals surface area contributed by atoms with E-state index in [0.717, 1.165) is 36.2 Å². The van der Waals surface area contributed by atoms with Crippen molar-refractivity contribution in [2.75, 3.05) is 27.2 Å². The van der Waals surface area contributed by atoms with Crippen molar-refractivity contribution in [3.05, 3.63) is 65.7 Å². The van der Waals surface area contributed by atoms with E-state index in [9.17, 15) is 4.79 Å². The first-order valence-corrected chi connectivity index (χ1v) is 14.1. The van der Waals surface area contributed by atoms with Gasteiger partial charge < -0.3 is 14.0 Å². The Bertz CT molecular complexity index is 849. The first-order valence-electron chi connectivity index (χ1n) is 14.1. The Kier molecular flexibility index (Phi) is 14.3. The van der Waals surface area contributed by atoms with Crippen LogP contribution in [-0.2, 0) is 22.5 Å². The Morgan fingerprint density at radius 3 is 2.31 bits per heavy atom. The maximum absolute atomic E-state index is 12.2. The SMILES string of the molecule is CCCCCCCCCc1cccc(OC(C)CCOC(=O)CCC[N+](C)(C)Cc2ccccc2)c1. The first-order chi connectivity index (χ1) is 17.4. The van der Waals surface area contributed by atoms with E-state index in [2.05, 4.69) is 63.5 Å². The van der Waals surface area contributed by atoms with E-state index >= 15 is 0 Å². The van der Waals surface area contributed by atoms with Crippen LogP contribution in [-0.4, -0.2) is 43.8 Å². The summed E-state index contributed by atoms with van der Waals surface area (Å²) in [4.78, 5) is 12.2. The van der Waals surface area contributed by atoms with Crippen LogP contribution >= 0.6 is 0 Å². The third-order valence-corrected chi connectivity index (χ3v) is 6.69. The molecule has 4 heteroatoms. The molecule has 0 aliphatic heterocycles. The number of hydrogen-bond acceptors (Lipinski definition) is 3. The molecule has 0 heterocycles. The molecule has 2 aromatic rings. The summed E-state index contributed by atoms with van der Waals surface area (Å²) in [7, 11) is 4.42. The molecule has 0 saturated heterocycles. The minimum Gasteiger partial charge on any atom is -0.491 e. The van der Waals surface area contributed by atoms with Gasteiger partial charge in [-0.1, -0.05) is 87.9 Å². The van der Waals surface area contributed by atoms with Crippen molar-refractivity contribution < 1.29 is 18.8 Å². The summed E-state index contributed by atoms with van der Waals surface area (Å²) in [6, 6.07) is 19.0. The molecule has 0 spiro atoms. The van der Waals surface area contributed by atoms with Crippen LogP contribution in [0.5, 0.6) is 5.75 Å². The van der Waals surface area contributed by atoms with Crippen LogP contribution in [0.25, 0.3) is 0 Å². The van der Waals surface area contributed by atoms with Crippen molar-refractivity contribution >= 4 is 5.97 Å². The Morgan fingerprint density at radius 2 is 1.56 bits per heavy atom. The smallest absolute Gasteiger partial charge is 0.306 e. The largest absolute Gasteiger partial charge is 0.491 e. The highest BCUT2D eigenvalue weighted by Gasteiger charge is 2.17. The zero-order valence-corrected chi connectivity index (χ0v) is 23.3. The molecule has 0 saturated carbocycles. The molecule has 1 atom stereocenters. The Labute approximate surface area is 220 Å². The van der Waals surface area contributed by atoms with Gasteiger partial charge in [0.2, 0.25) is 0 Å². The second kappa shape index (κ2) is 17.2. The van der Waals surface area contributed by atoms with E-state index in [-0.39, 0.29) is 12.1 Å². The average Bonchev–Trinajstić information content (AvgIpc) is 2.84. The number of carbonyl (C=O) groups excluding carboxylic acids is 1. The van der Waals surface area contributed by atoms with Crippen molar-refractivity contribution in [2.24, 2.45) is 0 Å². The highest BCUT2D eigenvalue weighted by atomic mass is 16.5. The van der Waals surface area contributed by atoms with Crippen molar-refractivity contribution in [3.8, 4) is 5.75 Å². The number of ether oxygens (including phenoxy) is 2. The van der Waals surface area contributed by atoms with Gasteiger partial charge in [0.1, 0.15) is 12.3 Å². The molecule has 1 unspecified atom stereocenters. The topological polar surface area (TPSA) is 35.5 Å². The summed E-state index contributed by atoms with van der Waals surface area (Å²) >= 11 is 0. The number of unbranched alkanes of at least 4 members (excludes halogenated alkanes) is 6. The predicted octanol–water partition coefficient (Wildman–Crippen LogP) is 7.74. The fourth-order valence-electron chi connectivity index (χ4n) is 4.57. The van der Waals surface area contributed by atoms with Crippen LogP contribution in [0.15, 0.2) is 54.6 Å². The Hall–Kier alpha value is -2.33. The number of benzene rings is 2. The number of aryl methyl sites for hydroxylation is 1. The Morgan fingerprint density at radius 1 is 0.861 bits per heavy atom. The number of nitrogens with zero attached hydrogens (tertiary/aromatic N) is 1. The number of esters is 1. The second-order valence-electron chi connectivity index (χ2n) is 10.9. The summed E-state index contributed by atoms with van der Waals surface area (Å²) < 4.78 is 12.4. The van der Waals surface area contributed by atoms with Gasteiger partial charge in [-0.25, -0.2) is 0 Å². The van der Waals surface area contributed by atoms with Crippen LogP contribution in [0.3, 0.4) is 0 Å². The highest BCUT2D eigenvalue weighted by Crippen LogP contribution is 2.18. The van der Waals surface area contributed by atoms with Gasteiger partial charge in [-0.3, -0.25) is 4.79 Å². The molecule has 2 aromatic carbocycles. The average molecular weight is 497 g/mol. The van der Waals surface area contributed by atoms with E-state index < -0.39 is 0 Å². The van der Waals surface area contributed by atoms with E-state index in [1.165, 1.54) is 56.1 Å². The Balaban J connectivity index is 1.58. The summed E-state index contributed by atoms with van der Waals surface area (Å²) in [6.45, 7) is 6.61. The van der Waals surface area contributed by atoms with Gasteiger partial charge in [0.25, 0.3) is 0 Å². The van der Waals surface area contributed by atoms with E-state index in [1.807, 2.05) is 19.1 Å². The zero-order chi connectivity index (χ0) is 26.1. The molecule has 2 rings (SSSR count). The van der Waals surface area contributed by atoms with Crippen LogP contribution in [0.4, 0.5) is 0 Å². The fourth-order valence-corrected chi connectivity index (χ4v) is 4.57. The summed E-state index contributed by atoms with van der Waals surface area (Å²) in [5.74, 6) is 0.797. The molecule has 200 valence electrons. The third kappa shape index (κ3) is 13.7. The maximum atomic E-state index is 12.2. The van der Waals surface area contributed by atoms with E-state index in [4.69, 9.17) is 9.47 Å². The lowest BCUT2D eigenvalue weighted by Crippen LogP contribution is -2.39. The first kappa shape index (κ1) is 29.9. The van der Waals surface area contributed by atoms with Crippen LogP contribution in [0, 0.1) is 0 Å². The number of rotatable bonds is 19. The molecule has 0 aliphatic rings. The quantitative estimate of drug-likeness (QED) is 0.113. The van der Waals surface area contributed by atoms with Gasteiger partial charge in [-0.2, -0.15) is 0 Å². The van der Waals surface area contributed by atoms with Crippen molar-refractivity contribution in [3.63, 3.8) is 0 Å². The minimum atomic E-state index is -0.112. The van der Waals surface area contributed by atoms with E-state index in [1.54, 1.807) is 0 Å². The second-order valence-corrected chi connectivity index (χ2v) is 10.9. The van der Waals surface area contributed by atoms with Gasteiger partial charge in [-0.05, 0) is 37.5 Å².